The molecule has 146 valence electrons. The van der Waals surface area contributed by atoms with Gasteiger partial charge in [0.2, 0.25) is 11.7 Å². The quantitative estimate of drug-likeness (QED) is 0.713. The van der Waals surface area contributed by atoms with Gasteiger partial charge in [-0.15, -0.1) is 0 Å². The predicted octanol–water partition coefficient (Wildman–Crippen LogP) is 2.80. The van der Waals surface area contributed by atoms with Gasteiger partial charge in [0.05, 0.1) is 5.56 Å². The van der Waals surface area contributed by atoms with Crippen molar-refractivity contribution in [1.29, 1.82) is 0 Å². The van der Waals surface area contributed by atoms with Crippen LogP contribution in [0.4, 0.5) is 21.9 Å². The van der Waals surface area contributed by atoms with Gasteiger partial charge >= 0.3 is 6.03 Å². The molecule has 1 heterocycles. The van der Waals surface area contributed by atoms with E-state index in [0.29, 0.717) is 41.3 Å². The van der Waals surface area contributed by atoms with E-state index in [0.717, 1.165) is 0 Å². The van der Waals surface area contributed by atoms with Gasteiger partial charge in [0.1, 0.15) is 5.75 Å². The highest BCUT2D eigenvalue weighted by molar-refractivity contribution is 6.05. The Morgan fingerprint density at radius 3 is 2.25 bits per heavy atom. The van der Waals surface area contributed by atoms with Crippen LogP contribution >= 0.6 is 0 Å². The number of anilines is 3. The topological polar surface area (TPSA) is 99.8 Å². The van der Waals surface area contributed by atoms with Gasteiger partial charge < -0.3 is 25.6 Å². The monoisotopic (exact) mass is 382 g/mol. The summed E-state index contributed by atoms with van der Waals surface area (Å²) >= 11 is 0. The lowest BCUT2D eigenvalue weighted by molar-refractivity contribution is -0.116. The number of urea groups is 1. The molecule has 0 aromatic heterocycles. The number of fused-ring (bicyclic) bond motifs is 1. The summed E-state index contributed by atoms with van der Waals surface area (Å²) in [7, 11) is 3.82. The van der Waals surface area contributed by atoms with Crippen molar-refractivity contribution >= 4 is 34.8 Å². The van der Waals surface area contributed by atoms with Crippen LogP contribution in [0.5, 0.6) is 5.75 Å². The Bertz CT molecular complexity index is 894. The van der Waals surface area contributed by atoms with Gasteiger partial charge in [-0.25, -0.2) is 4.79 Å². The minimum Gasteiger partial charge on any atom is -0.485 e. The Morgan fingerprint density at radius 2 is 1.57 bits per heavy atom. The minimum absolute atomic E-state index is 0.0308. The Balaban J connectivity index is 1.53. The second-order valence-electron chi connectivity index (χ2n) is 6.68. The fraction of sp³-hybridized carbons (Fsp3) is 0.250. The number of rotatable bonds is 6. The average molecular weight is 382 g/mol. The summed E-state index contributed by atoms with van der Waals surface area (Å²) in [6, 6.07) is 11.3. The first-order valence-corrected chi connectivity index (χ1v) is 8.83. The van der Waals surface area contributed by atoms with Crippen molar-refractivity contribution in [3.63, 3.8) is 0 Å². The van der Waals surface area contributed by atoms with E-state index in [9.17, 15) is 14.4 Å². The molecule has 0 bridgehead atoms. The van der Waals surface area contributed by atoms with Gasteiger partial charge in [-0.2, -0.15) is 0 Å². The maximum absolute atomic E-state index is 12.2. The van der Waals surface area contributed by atoms with Crippen molar-refractivity contribution in [2.75, 3.05) is 43.2 Å². The summed E-state index contributed by atoms with van der Waals surface area (Å²) in [6.07, 6.45) is 0.406. The number of Topliss-reactive ketones (excluding diaryl/α,β-unsaturated/α-hetero) is 1. The number of hydrogen-bond acceptors (Lipinski definition) is 5. The van der Waals surface area contributed by atoms with Crippen molar-refractivity contribution in [2.24, 2.45) is 0 Å². The fourth-order valence-corrected chi connectivity index (χ4v) is 2.65. The smallest absolute Gasteiger partial charge is 0.323 e. The molecule has 3 rings (SSSR count). The first-order valence-electron chi connectivity index (χ1n) is 8.83. The second kappa shape index (κ2) is 8.53. The maximum Gasteiger partial charge on any atom is 0.323 e. The summed E-state index contributed by atoms with van der Waals surface area (Å²) in [5, 5.41) is 8.19. The first kappa shape index (κ1) is 19.4. The number of hydrogen-bond donors (Lipinski definition) is 3. The van der Waals surface area contributed by atoms with Crippen LogP contribution in [0.25, 0.3) is 0 Å². The largest absolute Gasteiger partial charge is 0.485 e. The summed E-state index contributed by atoms with van der Waals surface area (Å²) < 4.78 is 5.22. The van der Waals surface area contributed by atoms with Gasteiger partial charge in [0.25, 0.3) is 0 Å². The fourth-order valence-electron chi connectivity index (χ4n) is 2.65. The van der Waals surface area contributed by atoms with Gasteiger partial charge in [-0.1, -0.05) is 0 Å². The zero-order valence-electron chi connectivity index (χ0n) is 15.7. The standard InChI is InChI=1S/C20H22N4O4/c1-24(2)10-9-19(26)21-13-3-5-14(6-4-13)22-20(27)23-15-7-8-18-16(11-15)17(25)12-28-18/h3-8,11H,9-10,12H2,1-2H3,(H,21,26)(H2,22,23,27). The normalized spacial score (nSPS) is 12.3. The Hall–Kier alpha value is -3.39. The maximum atomic E-state index is 12.2. The third kappa shape index (κ3) is 5.08. The van der Waals surface area contributed by atoms with Crippen LogP contribution in [-0.2, 0) is 4.79 Å². The van der Waals surface area contributed by atoms with E-state index in [1.54, 1.807) is 42.5 Å². The number of amides is 3. The van der Waals surface area contributed by atoms with Crippen LogP contribution in [-0.4, -0.2) is 49.9 Å². The van der Waals surface area contributed by atoms with Crippen LogP contribution in [0.1, 0.15) is 16.8 Å². The molecule has 3 N–H and O–H groups in total. The molecule has 2 aromatic carbocycles. The van der Waals surface area contributed by atoms with Gasteiger partial charge in [0.15, 0.2) is 6.61 Å². The van der Waals surface area contributed by atoms with Gasteiger partial charge in [-0.3, -0.25) is 9.59 Å². The number of carbonyl (C=O) groups is 3. The molecule has 3 amide bonds. The van der Waals surface area contributed by atoms with E-state index in [-0.39, 0.29) is 18.3 Å². The highest BCUT2D eigenvalue weighted by Gasteiger charge is 2.21. The molecule has 8 heteroatoms. The summed E-state index contributed by atoms with van der Waals surface area (Å²) in [6.45, 7) is 0.703. The van der Waals surface area contributed by atoms with Crippen molar-refractivity contribution < 1.29 is 19.1 Å². The number of carbonyl (C=O) groups excluding carboxylic acids is 3. The van der Waals surface area contributed by atoms with Crippen molar-refractivity contribution in [3.8, 4) is 5.75 Å². The lowest BCUT2D eigenvalue weighted by atomic mass is 10.1. The van der Waals surface area contributed by atoms with Crippen LogP contribution in [0.3, 0.4) is 0 Å². The molecule has 2 aromatic rings. The molecule has 1 aliphatic rings. The second-order valence-corrected chi connectivity index (χ2v) is 6.68. The third-order valence-electron chi connectivity index (χ3n) is 4.11. The molecular formula is C20H22N4O4. The zero-order chi connectivity index (χ0) is 20.1. The molecule has 8 nitrogen and oxygen atoms in total. The average Bonchev–Trinajstić information content (AvgIpc) is 3.02. The van der Waals surface area contributed by atoms with Crippen molar-refractivity contribution in [1.82, 2.24) is 4.90 Å². The Labute approximate surface area is 162 Å². The number of nitrogens with one attached hydrogen (secondary N) is 3. The number of ketones is 1. The van der Waals surface area contributed by atoms with E-state index >= 15 is 0 Å². The highest BCUT2D eigenvalue weighted by atomic mass is 16.5. The molecule has 1 aliphatic heterocycles. The summed E-state index contributed by atoms with van der Waals surface area (Å²) in [4.78, 5) is 37.6. The van der Waals surface area contributed by atoms with Crippen molar-refractivity contribution in [3.05, 3.63) is 48.0 Å². The van der Waals surface area contributed by atoms with Gasteiger partial charge in [0, 0.05) is 30.0 Å². The van der Waals surface area contributed by atoms with Gasteiger partial charge in [-0.05, 0) is 56.6 Å². The molecule has 0 spiro atoms. The number of benzene rings is 2. The zero-order valence-corrected chi connectivity index (χ0v) is 15.7. The van der Waals surface area contributed by atoms with E-state index in [1.165, 1.54) is 0 Å². The lowest BCUT2D eigenvalue weighted by Gasteiger charge is -2.11. The third-order valence-corrected chi connectivity index (χ3v) is 4.11. The first-order chi connectivity index (χ1) is 13.4. The molecule has 0 atom stereocenters. The van der Waals surface area contributed by atoms with E-state index in [1.807, 2.05) is 19.0 Å². The molecule has 28 heavy (non-hydrogen) atoms. The van der Waals surface area contributed by atoms with Crippen LogP contribution in [0.15, 0.2) is 42.5 Å². The molecule has 0 fully saturated rings. The molecule has 0 aliphatic carbocycles. The van der Waals surface area contributed by atoms with Crippen LogP contribution in [0, 0.1) is 0 Å². The molecule has 0 radical (unpaired) electrons. The number of ether oxygens (including phenoxy) is 1. The summed E-state index contributed by atoms with van der Waals surface area (Å²) in [5.41, 5.74) is 2.20. The van der Waals surface area contributed by atoms with E-state index in [2.05, 4.69) is 16.0 Å². The van der Waals surface area contributed by atoms with E-state index in [4.69, 9.17) is 4.74 Å². The highest BCUT2D eigenvalue weighted by Crippen LogP contribution is 2.28. The van der Waals surface area contributed by atoms with E-state index < -0.39 is 6.03 Å². The Morgan fingerprint density at radius 1 is 0.964 bits per heavy atom. The van der Waals surface area contributed by atoms with Crippen LogP contribution < -0.4 is 20.7 Å². The minimum atomic E-state index is -0.436. The summed E-state index contributed by atoms with van der Waals surface area (Å²) in [5.74, 6) is 0.351. The number of nitrogens with zero attached hydrogens (tertiary/aromatic N) is 1. The SMILES string of the molecule is CN(C)CCC(=O)Nc1ccc(NC(=O)Nc2ccc3c(c2)C(=O)CO3)cc1. The molecule has 0 unspecified atom stereocenters. The van der Waals surface area contributed by atoms with Crippen molar-refractivity contribution in [2.45, 2.75) is 6.42 Å². The Kier molecular flexibility index (Phi) is 5.90. The lowest BCUT2D eigenvalue weighted by Crippen LogP contribution is -2.21. The molecule has 0 saturated carbocycles. The molecular weight excluding hydrogens is 360 g/mol. The predicted molar refractivity (Wildman–Crippen MR) is 107 cm³/mol. The molecule has 0 saturated heterocycles. The van der Waals surface area contributed by atoms with Crippen LogP contribution in [0.2, 0.25) is 0 Å².